The number of nitrogens with one attached hydrogen (secondary N) is 1. The van der Waals surface area contributed by atoms with Gasteiger partial charge in [-0.15, -0.1) is 0 Å². The molecule has 0 bridgehead atoms. The van der Waals surface area contributed by atoms with Crippen molar-refractivity contribution < 1.29 is 9.59 Å². The van der Waals surface area contributed by atoms with Gasteiger partial charge >= 0.3 is 0 Å². The standard InChI is InChI=1S/C22H23N3O2/c1-16-9-10-17(2)25(16)20-13-11-18(12-14-20)22(27)24(3)15-21(26)23-19-7-5-4-6-8-19/h4-14H,15H2,1-3H3,(H,23,26). The van der Waals surface area contributed by atoms with Crippen molar-refractivity contribution >= 4 is 17.5 Å². The Morgan fingerprint density at radius 3 is 2.07 bits per heavy atom. The van der Waals surface area contributed by atoms with Crippen molar-refractivity contribution in [3.05, 3.63) is 83.7 Å². The van der Waals surface area contributed by atoms with E-state index in [9.17, 15) is 9.59 Å². The molecule has 0 aliphatic heterocycles. The zero-order chi connectivity index (χ0) is 19.4. The molecule has 27 heavy (non-hydrogen) atoms. The van der Waals surface area contributed by atoms with Crippen LogP contribution in [0.4, 0.5) is 5.69 Å². The van der Waals surface area contributed by atoms with Crippen molar-refractivity contribution in [3.8, 4) is 5.69 Å². The number of benzene rings is 2. The number of para-hydroxylation sites is 1. The van der Waals surface area contributed by atoms with E-state index in [0.717, 1.165) is 17.1 Å². The number of aryl methyl sites for hydroxylation is 2. The van der Waals surface area contributed by atoms with Crippen molar-refractivity contribution in [1.82, 2.24) is 9.47 Å². The van der Waals surface area contributed by atoms with Crippen LogP contribution < -0.4 is 5.32 Å². The first-order valence-electron chi connectivity index (χ1n) is 8.81. The maximum absolute atomic E-state index is 12.6. The van der Waals surface area contributed by atoms with Gasteiger partial charge in [-0.1, -0.05) is 18.2 Å². The number of rotatable bonds is 5. The van der Waals surface area contributed by atoms with Crippen LogP contribution in [-0.2, 0) is 4.79 Å². The highest BCUT2D eigenvalue weighted by atomic mass is 16.2. The normalized spacial score (nSPS) is 10.5. The SMILES string of the molecule is Cc1ccc(C)n1-c1ccc(C(=O)N(C)CC(=O)Nc2ccccc2)cc1. The molecule has 138 valence electrons. The summed E-state index contributed by atoms with van der Waals surface area (Å²) in [7, 11) is 1.63. The highest BCUT2D eigenvalue weighted by Gasteiger charge is 2.15. The Morgan fingerprint density at radius 1 is 0.889 bits per heavy atom. The first-order chi connectivity index (χ1) is 13.0. The molecule has 3 aromatic rings. The molecule has 3 rings (SSSR count). The second kappa shape index (κ2) is 7.91. The molecule has 5 heteroatoms. The number of anilines is 1. The van der Waals surface area contributed by atoms with Crippen LogP contribution in [-0.4, -0.2) is 34.9 Å². The Bertz CT molecular complexity index is 924. The lowest BCUT2D eigenvalue weighted by Crippen LogP contribution is -2.34. The number of likely N-dealkylation sites (N-methyl/N-ethyl adjacent to an activating group) is 1. The van der Waals surface area contributed by atoms with Crippen LogP contribution in [0.1, 0.15) is 21.7 Å². The maximum atomic E-state index is 12.6. The predicted octanol–water partition coefficient (Wildman–Crippen LogP) is 3.80. The van der Waals surface area contributed by atoms with Crippen LogP contribution in [0.2, 0.25) is 0 Å². The lowest BCUT2D eigenvalue weighted by molar-refractivity contribution is -0.116. The zero-order valence-corrected chi connectivity index (χ0v) is 15.8. The van der Waals surface area contributed by atoms with Gasteiger partial charge in [-0.25, -0.2) is 0 Å². The van der Waals surface area contributed by atoms with Gasteiger partial charge < -0.3 is 14.8 Å². The molecule has 0 aliphatic carbocycles. The van der Waals surface area contributed by atoms with E-state index in [2.05, 4.69) is 22.0 Å². The quantitative estimate of drug-likeness (QED) is 0.751. The summed E-state index contributed by atoms with van der Waals surface area (Å²) >= 11 is 0. The van der Waals surface area contributed by atoms with Crippen LogP contribution in [0.5, 0.6) is 0 Å². The molecule has 2 amide bonds. The van der Waals surface area contributed by atoms with E-state index in [1.807, 2.05) is 56.3 Å². The van der Waals surface area contributed by atoms with Crippen molar-refractivity contribution in [2.24, 2.45) is 0 Å². The number of aromatic nitrogens is 1. The third-order valence-electron chi connectivity index (χ3n) is 4.43. The number of amides is 2. The van der Waals surface area contributed by atoms with Gasteiger partial charge in [-0.3, -0.25) is 9.59 Å². The van der Waals surface area contributed by atoms with Gasteiger partial charge in [0.15, 0.2) is 0 Å². The summed E-state index contributed by atoms with van der Waals surface area (Å²) in [4.78, 5) is 26.2. The van der Waals surface area contributed by atoms with Gasteiger partial charge in [0.2, 0.25) is 5.91 Å². The summed E-state index contributed by atoms with van der Waals surface area (Å²) in [5, 5.41) is 2.78. The van der Waals surface area contributed by atoms with Crippen LogP contribution in [0, 0.1) is 13.8 Å². The first kappa shape index (κ1) is 18.5. The molecule has 0 unspecified atom stereocenters. The summed E-state index contributed by atoms with van der Waals surface area (Å²) in [5.74, 6) is -0.419. The van der Waals surface area contributed by atoms with Crippen LogP contribution >= 0.6 is 0 Å². The minimum atomic E-state index is -0.229. The summed E-state index contributed by atoms with van der Waals surface area (Å²) in [5.41, 5.74) is 4.56. The summed E-state index contributed by atoms with van der Waals surface area (Å²) in [6.45, 7) is 4.08. The molecule has 2 aromatic carbocycles. The fourth-order valence-electron chi connectivity index (χ4n) is 3.06. The van der Waals surface area contributed by atoms with Gasteiger partial charge in [-0.05, 0) is 62.4 Å². The third-order valence-corrected chi connectivity index (χ3v) is 4.43. The molecule has 0 saturated heterocycles. The average Bonchev–Trinajstić information content (AvgIpc) is 3.00. The highest BCUT2D eigenvalue weighted by molar-refractivity contribution is 5.99. The van der Waals surface area contributed by atoms with Crippen molar-refractivity contribution in [1.29, 1.82) is 0 Å². The Hall–Kier alpha value is -3.34. The number of hydrogen-bond donors (Lipinski definition) is 1. The highest BCUT2D eigenvalue weighted by Crippen LogP contribution is 2.17. The van der Waals surface area contributed by atoms with Gasteiger partial charge in [0, 0.05) is 35.4 Å². The first-order valence-corrected chi connectivity index (χ1v) is 8.81. The number of nitrogens with zero attached hydrogens (tertiary/aromatic N) is 2. The monoisotopic (exact) mass is 361 g/mol. The van der Waals surface area contributed by atoms with Crippen molar-refractivity contribution in [2.45, 2.75) is 13.8 Å². The average molecular weight is 361 g/mol. The van der Waals surface area contributed by atoms with E-state index in [1.165, 1.54) is 4.90 Å². The Balaban J connectivity index is 1.65. The van der Waals surface area contributed by atoms with E-state index in [0.29, 0.717) is 11.3 Å². The Morgan fingerprint density at radius 2 is 1.48 bits per heavy atom. The van der Waals surface area contributed by atoms with E-state index >= 15 is 0 Å². The lowest BCUT2D eigenvalue weighted by atomic mass is 10.1. The molecule has 0 atom stereocenters. The molecule has 0 saturated carbocycles. The molecule has 0 spiro atoms. The second-order valence-electron chi connectivity index (χ2n) is 6.57. The summed E-state index contributed by atoms with van der Waals surface area (Å²) in [6.07, 6.45) is 0. The number of carbonyl (C=O) groups is 2. The third kappa shape index (κ3) is 4.26. The van der Waals surface area contributed by atoms with Crippen LogP contribution in [0.25, 0.3) is 5.69 Å². The van der Waals surface area contributed by atoms with E-state index in [4.69, 9.17) is 0 Å². The molecule has 0 radical (unpaired) electrons. The topological polar surface area (TPSA) is 54.3 Å². The minimum Gasteiger partial charge on any atom is -0.332 e. The van der Waals surface area contributed by atoms with Gasteiger partial charge in [0.25, 0.3) is 5.91 Å². The number of hydrogen-bond acceptors (Lipinski definition) is 2. The summed E-state index contributed by atoms with van der Waals surface area (Å²) < 4.78 is 2.13. The molecule has 1 aromatic heterocycles. The molecule has 5 nitrogen and oxygen atoms in total. The van der Waals surface area contributed by atoms with Crippen molar-refractivity contribution in [2.75, 3.05) is 18.9 Å². The molecule has 0 aliphatic rings. The molecule has 1 N–H and O–H groups in total. The molecule has 1 heterocycles. The second-order valence-corrected chi connectivity index (χ2v) is 6.57. The van der Waals surface area contributed by atoms with Gasteiger partial charge in [0.05, 0.1) is 6.54 Å². The number of carbonyl (C=O) groups excluding carboxylic acids is 2. The summed E-state index contributed by atoms with van der Waals surface area (Å²) in [6, 6.07) is 20.8. The minimum absolute atomic E-state index is 0.00864. The molecular formula is C22H23N3O2. The van der Waals surface area contributed by atoms with E-state index < -0.39 is 0 Å². The van der Waals surface area contributed by atoms with Crippen LogP contribution in [0.15, 0.2) is 66.7 Å². The van der Waals surface area contributed by atoms with E-state index in [-0.39, 0.29) is 18.4 Å². The van der Waals surface area contributed by atoms with Crippen molar-refractivity contribution in [3.63, 3.8) is 0 Å². The Kier molecular flexibility index (Phi) is 5.41. The predicted molar refractivity (Wildman–Crippen MR) is 107 cm³/mol. The fraction of sp³-hybridized carbons (Fsp3) is 0.182. The Labute approximate surface area is 159 Å². The van der Waals surface area contributed by atoms with E-state index in [1.54, 1.807) is 19.2 Å². The fourth-order valence-corrected chi connectivity index (χ4v) is 3.06. The molecular weight excluding hydrogens is 338 g/mol. The molecule has 0 fully saturated rings. The maximum Gasteiger partial charge on any atom is 0.254 e. The lowest BCUT2D eigenvalue weighted by Gasteiger charge is -2.17. The largest absolute Gasteiger partial charge is 0.332 e. The zero-order valence-electron chi connectivity index (χ0n) is 15.8. The van der Waals surface area contributed by atoms with Crippen LogP contribution in [0.3, 0.4) is 0 Å². The van der Waals surface area contributed by atoms with Gasteiger partial charge in [0.1, 0.15) is 0 Å². The smallest absolute Gasteiger partial charge is 0.254 e. The van der Waals surface area contributed by atoms with Gasteiger partial charge in [-0.2, -0.15) is 0 Å².